The van der Waals surface area contributed by atoms with Crippen LogP contribution in [0.5, 0.6) is 0 Å². The number of hydrogen-bond acceptors (Lipinski definition) is 2. The number of nitrogens with one attached hydrogen (secondary N) is 1. The SMILES string of the molecule is CCCCCN(C)CNCCCC(C)CC. The second-order valence-electron chi connectivity index (χ2n) is 5.10. The van der Waals surface area contributed by atoms with Gasteiger partial charge < -0.3 is 5.32 Å². The molecule has 0 aromatic heterocycles. The fraction of sp³-hybridized carbons (Fsp3) is 1.00. The molecule has 0 fully saturated rings. The van der Waals surface area contributed by atoms with E-state index < -0.39 is 0 Å². The van der Waals surface area contributed by atoms with Crippen molar-refractivity contribution in [2.75, 3.05) is 26.8 Å². The van der Waals surface area contributed by atoms with E-state index >= 15 is 0 Å². The Morgan fingerprint density at radius 2 is 1.88 bits per heavy atom. The molecule has 0 aliphatic carbocycles. The van der Waals surface area contributed by atoms with Gasteiger partial charge in [0.1, 0.15) is 0 Å². The number of rotatable bonds is 11. The highest BCUT2D eigenvalue weighted by Gasteiger charge is 1.99. The lowest BCUT2D eigenvalue weighted by Gasteiger charge is -2.17. The minimum atomic E-state index is 0.893. The van der Waals surface area contributed by atoms with Crippen LogP contribution in [0, 0.1) is 5.92 Å². The second kappa shape index (κ2) is 11.4. The lowest BCUT2D eigenvalue weighted by atomic mass is 10.0. The van der Waals surface area contributed by atoms with Gasteiger partial charge >= 0.3 is 0 Å². The maximum Gasteiger partial charge on any atom is 0.0477 e. The molecule has 0 aliphatic heterocycles. The normalized spacial score (nSPS) is 13.3. The maximum atomic E-state index is 3.52. The van der Waals surface area contributed by atoms with Crippen LogP contribution in [0.25, 0.3) is 0 Å². The van der Waals surface area contributed by atoms with Crippen molar-refractivity contribution >= 4 is 0 Å². The van der Waals surface area contributed by atoms with Crippen LogP contribution in [0.3, 0.4) is 0 Å². The Morgan fingerprint density at radius 3 is 2.50 bits per heavy atom. The molecule has 2 heteroatoms. The van der Waals surface area contributed by atoms with Crippen LogP contribution >= 0.6 is 0 Å². The van der Waals surface area contributed by atoms with Crippen molar-refractivity contribution in [1.82, 2.24) is 10.2 Å². The molecule has 0 rings (SSSR count). The van der Waals surface area contributed by atoms with Crippen molar-refractivity contribution in [3.05, 3.63) is 0 Å². The van der Waals surface area contributed by atoms with Crippen LogP contribution in [0.2, 0.25) is 0 Å². The van der Waals surface area contributed by atoms with Crippen LogP contribution in [-0.4, -0.2) is 31.7 Å². The van der Waals surface area contributed by atoms with Gasteiger partial charge in [-0.1, -0.05) is 40.0 Å². The van der Waals surface area contributed by atoms with Crippen molar-refractivity contribution in [3.8, 4) is 0 Å². The first-order chi connectivity index (χ1) is 7.70. The van der Waals surface area contributed by atoms with Crippen molar-refractivity contribution in [2.24, 2.45) is 5.92 Å². The number of nitrogens with zero attached hydrogens (tertiary/aromatic N) is 1. The molecule has 0 aromatic carbocycles. The molecule has 0 saturated carbocycles. The Labute approximate surface area is 103 Å². The molecule has 0 amide bonds. The zero-order valence-corrected chi connectivity index (χ0v) is 11.9. The molecule has 0 saturated heterocycles. The van der Waals surface area contributed by atoms with E-state index in [1.807, 2.05) is 0 Å². The molecule has 2 nitrogen and oxygen atoms in total. The van der Waals surface area contributed by atoms with E-state index in [9.17, 15) is 0 Å². The monoisotopic (exact) mass is 228 g/mol. The topological polar surface area (TPSA) is 15.3 Å². The summed E-state index contributed by atoms with van der Waals surface area (Å²) >= 11 is 0. The summed E-state index contributed by atoms with van der Waals surface area (Å²) in [5.74, 6) is 0.893. The third-order valence-corrected chi connectivity index (χ3v) is 3.27. The van der Waals surface area contributed by atoms with E-state index in [1.165, 1.54) is 51.6 Å². The molecule has 1 atom stereocenters. The predicted octanol–water partition coefficient (Wildman–Crippen LogP) is 3.48. The Kier molecular flexibility index (Phi) is 11.3. The lowest BCUT2D eigenvalue weighted by Crippen LogP contribution is -2.32. The smallest absolute Gasteiger partial charge is 0.0477 e. The molecular weight excluding hydrogens is 196 g/mol. The van der Waals surface area contributed by atoms with Gasteiger partial charge in [-0.2, -0.15) is 0 Å². The van der Waals surface area contributed by atoms with Gasteiger partial charge in [0.25, 0.3) is 0 Å². The highest BCUT2D eigenvalue weighted by atomic mass is 15.2. The van der Waals surface area contributed by atoms with Gasteiger partial charge in [0.2, 0.25) is 0 Å². The summed E-state index contributed by atoms with van der Waals surface area (Å²) in [7, 11) is 2.21. The third kappa shape index (κ3) is 10.4. The third-order valence-electron chi connectivity index (χ3n) is 3.27. The second-order valence-corrected chi connectivity index (χ2v) is 5.10. The van der Waals surface area contributed by atoms with Gasteiger partial charge in [0, 0.05) is 6.67 Å². The summed E-state index contributed by atoms with van der Waals surface area (Å²) in [5, 5.41) is 3.52. The average molecular weight is 228 g/mol. The molecular formula is C14H32N2. The van der Waals surface area contributed by atoms with Crippen molar-refractivity contribution in [1.29, 1.82) is 0 Å². The zero-order chi connectivity index (χ0) is 12.2. The standard InChI is InChI=1S/C14H32N2/c1-5-7-8-12-16(4)13-15-11-9-10-14(3)6-2/h14-15H,5-13H2,1-4H3. The molecule has 0 bridgehead atoms. The van der Waals surface area contributed by atoms with Crippen LogP contribution in [0.1, 0.15) is 59.3 Å². The largest absolute Gasteiger partial charge is 0.304 e. The van der Waals surface area contributed by atoms with Gasteiger partial charge in [-0.25, -0.2) is 0 Å². The Morgan fingerprint density at radius 1 is 1.12 bits per heavy atom. The molecule has 0 aromatic rings. The molecule has 98 valence electrons. The van der Waals surface area contributed by atoms with Crippen molar-refractivity contribution < 1.29 is 0 Å². The molecule has 1 unspecified atom stereocenters. The lowest BCUT2D eigenvalue weighted by molar-refractivity contribution is 0.297. The summed E-state index contributed by atoms with van der Waals surface area (Å²) in [6, 6.07) is 0. The molecule has 0 radical (unpaired) electrons. The van der Waals surface area contributed by atoms with Gasteiger partial charge in [-0.15, -0.1) is 0 Å². The van der Waals surface area contributed by atoms with Gasteiger partial charge in [0.05, 0.1) is 0 Å². The molecule has 16 heavy (non-hydrogen) atoms. The minimum absolute atomic E-state index is 0.893. The fourth-order valence-electron chi connectivity index (χ4n) is 1.76. The van der Waals surface area contributed by atoms with Gasteiger partial charge in [0.15, 0.2) is 0 Å². The molecule has 1 N–H and O–H groups in total. The maximum absolute atomic E-state index is 3.52. The summed E-state index contributed by atoms with van der Waals surface area (Å²) in [4.78, 5) is 2.39. The molecule has 0 spiro atoms. The predicted molar refractivity (Wildman–Crippen MR) is 73.7 cm³/mol. The van der Waals surface area contributed by atoms with Crippen LogP contribution < -0.4 is 5.32 Å². The Hall–Kier alpha value is -0.0800. The summed E-state index contributed by atoms with van der Waals surface area (Å²) in [6.45, 7) is 10.3. The highest BCUT2D eigenvalue weighted by molar-refractivity contribution is 4.54. The minimum Gasteiger partial charge on any atom is -0.304 e. The van der Waals surface area contributed by atoms with Crippen molar-refractivity contribution in [2.45, 2.75) is 59.3 Å². The highest BCUT2D eigenvalue weighted by Crippen LogP contribution is 2.07. The number of unbranched alkanes of at least 4 members (excludes halogenated alkanes) is 2. The van der Waals surface area contributed by atoms with Gasteiger partial charge in [-0.05, 0) is 45.3 Å². The van der Waals surface area contributed by atoms with E-state index in [0.717, 1.165) is 12.6 Å². The quantitative estimate of drug-likeness (QED) is 0.430. The van der Waals surface area contributed by atoms with Crippen LogP contribution in [0.4, 0.5) is 0 Å². The first-order valence-electron chi connectivity index (χ1n) is 7.09. The summed E-state index contributed by atoms with van der Waals surface area (Å²) in [6.07, 6.45) is 8.01. The van der Waals surface area contributed by atoms with Gasteiger partial charge in [-0.3, -0.25) is 4.90 Å². The molecule has 0 heterocycles. The van der Waals surface area contributed by atoms with E-state index in [0.29, 0.717) is 0 Å². The van der Waals surface area contributed by atoms with Crippen LogP contribution in [-0.2, 0) is 0 Å². The van der Waals surface area contributed by atoms with E-state index in [1.54, 1.807) is 0 Å². The summed E-state index contributed by atoms with van der Waals surface area (Å²) in [5.41, 5.74) is 0. The fourth-order valence-corrected chi connectivity index (χ4v) is 1.76. The van der Waals surface area contributed by atoms with E-state index in [2.05, 4.69) is 38.0 Å². The first-order valence-corrected chi connectivity index (χ1v) is 7.09. The first kappa shape index (κ1) is 15.9. The van der Waals surface area contributed by atoms with E-state index in [4.69, 9.17) is 0 Å². The Balaban J connectivity index is 3.17. The zero-order valence-electron chi connectivity index (χ0n) is 11.9. The number of hydrogen-bond donors (Lipinski definition) is 1. The Bertz CT molecular complexity index is 137. The summed E-state index contributed by atoms with van der Waals surface area (Å²) < 4.78 is 0. The average Bonchev–Trinajstić information content (AvgIpc) is 2.28. The van der Waals surface area contributed by atoms with Crippen molar-refractivity contribution in [3.63, 3.8) is 0 Å². The molecule has 0 aliphatic rings. The van der Waals surface area contributed by atoms with E-state index in [-0.39, 0.29) is 0 Å². The van der Waals surface area contributed by atoms with Crippen LogP contribution in [0.15, 0.2) is 0 Å².